The highest BCUT2D eigenvalue weighted by Crippen LogP contribution is 1.97. The third kappa shape index (κ3) is 6.24. The zero-order valence-electron chi connectivity index (χ0n) is 8.47. The van der Waals surface area contributed by atoms with E-state index in [0.717, 1.165) is 19.3 Å². The highest BCUT2D eigenvalue weighted by molar-refractivity contribution is 5.17. The summed E-state index contributed by atoms with van der Waals surface area (Å²) in [6, 6.07) is 0. The maximum absolute atomic E-state index is 2.24. The maximum atomic E-state index is 2.24. The van der Waals surface area contributed by atoms with E-state index in [1.165, 1.54) is 0 Å². The minimum atomic E-state index is 1.03. The minimum absolute atomic E-state index is 1.03. The van der Waals surface area contributed by atoms with Gasteiger partial charge in [-0.05, 0) is 19.3 Å². The van der Waals surface area contributed by atoms with Crippen molar-refractivity contribution in [3.63, 3.8) is 0 Å². The Morgan fingerprint density at radius 3 is 2.07 bits per heavy atom. The molecule has 0 amide bonds. The Kier molecular flexibility index (Phi) is 6.39. The molecule has 1 rings (SSSR count). The van der Waals surface area contributed by atoms with E-state index in [2.05, 4.69) is 42.5 Å². The Morgan fingerprint density at radius 2 is 1.21 bits per heavy atom. The van der Waals surface area contributed by atoms with E-state index in [9.17, 15) is 0 Å². The van der Waals surface area contributed by atoms with Crippen LogP contribution in [0.1, 0.15) is 19.3 Å². The monoisotopic (exact) mass is 185 g/mol. The summed E-state index contributed by atoms with van der Waals surface area (Å²) in [6.07, 6.45) is 26.5. The Bertz CT molecular complexity index is 262. The fourth-order valence-corrected chi connectivity index (χ4v) is 1.14. The van der Waals surface area contributed by atoms with Crippen LogP contribution in [0.4, 0.5) is 0 Å². The number of hydrogen-bond acceptors (Lipinski definition) is 0. The van der Waals surface area contributed by atoms with Crippen LogP contribution in [0.2, 0.25) is 0 Å². The van der Waals surface area contributed by atoms with Gasteiger partial charge in [0.1, 0.15) is 0 Å². The van der Waals surface area contributed by atoms with Gasteiger partial charge in [-0.3, -0.25) is 0 Å². The van der Waals surface area contributed by atoms with Gasteiger partial charge in [0.15, 0.2) is 0 Å². The van der Waals surface area contributed by atoms with E-state index >= 15 is 0 Å². The third-order valence-electron chi connectivity index (χ3n) is 1.88. The summed E-state index contributed by atoms with van der Waals surface area (Å²) >= 11 is 0. The van der Waals surface area contributed by atoms with E-state index in [4.69, 9.17) is 0 Å². The van der Waals surface area contributed by atoms with Gasteiger partial charge in [-0.1, -0.05) is 60.8 Å². The summed E-state index contributed by atoms with van der Waals surface area (Å²) in [5.74, 6) is 0. The van der Waals surface area contributed by atoms with Crippen molar-refractivity contribution in [1.82, 2.24) is 0 Å². The van der Waals surface area contributed by atoms with Crippen LogP contribution in [-0.2, 0) is 0 Å². The van der Waals surface area contributed by atoms with Crippen LogP contribution in [0.25, 0.3) is 0 Å². The lowest BCUT2D eigenvalue weighted by Gasteiger charge is -1.87. The van der Waals surface area contributed by atoms with Gasteiger partial charge in [0.2, 0.25) is 0 Å². The quantitative estimate of drug-likeness (QED) is 0.497. The zero-order valence-corrected chi connectivity index (χ0v) is 8.47. The molecule has 0 unspecified atom stereocenters. The summed E-state index contributed by atoms with van der Waals surface area (Å²) in [6.45, 7) is 0. The lowest BCUT2D eigenvalue weighted by Crippen LogP contribution is -1.66. The Hall–Kier alpha value is -1.30. The molecule has 0 atom stereocenters. The smallest absolute Gasteiger partial charge is 0.00506 e. The van der Waals surface area contributed by atoms with Crippen LogP contribution in [0.3, 0.4) is 0 Å². The predicted octanol–water partition coefficient (Wildman–Crippen LogP) is 4.16. The molecule has 0 nitrogen and oxygen atoms in total. The molecule has 0 heterocycles. The predicted molar refractivity (Wildman–Crippen MR) is 63.9 cm³/mol. The van der Waals surface area contributed by atoms with Gasteiger partial charge in [-0.15, -0.1) is 0 Å². The molecule has 0 aromatic heterocycles. The van der Waals surface area contributed by atoms with Crippen molar-refractivity contribution in [2.75, 3.05) is 0 Å². The molecule has 0 fully saturated rings. The standard InChI is InChI=1S/C14H17/c1-2-4-6-8-10-12-14-13-11-9-7-5-3-1/h1-9,12,14H,10-11,13H2/b4-2+,5-3+,8-6-,9-7-,14-12-. The molecule has 1 radical (unpaired) electrons. The van der Waals surface area contributed by atoms with Crippen LogP contribution in [0, 0.1) is 6.42 Å². The van der Waals surface area contributed by atoms with E-state index in [1.54, 1.807) is 0 Å². The van der Waals surface area contributed by atoms with Gasteiger partial charge in [0.05, 0.1) is 0 Å². The fraction of sp³-hybridized carbons (Fsp3) is 0.214. The van der Waals surface area contributed by atoms with Gasteiger partial charge in [0.25, 0.3) is 0 Å². The van der Waals surface area contributed by atoms with Gasteiger partial charge >= 0.3 is 0 Å². The van der Waals surface area contributed by atoms with Crippen LogP contribution in [-0.4, -0.2) is 0 Å². The largest absolute Gasteiger partial charge is 0.0879 e. The van der Waals surface area contributed by atoms with Gasteiger partial charge in [-0.2, -0.15) is 0 Å². The molecule has 1 aliphatic rings. The van der Waals surface area contributed by atoms with E-state index in [1.807, 2.05) is 24.6 Å². The minimum Gasteiger partial charge on any atom is -0.0879 e. The van der Waals surface area contributed by atoms with E-state index < -0.39 is 0 Å². The first-order valence-electron chi connectivity index (χ1n) is 5.13. The van der Waals surface area contributed by atoms with Gasteiger partial charge in [0, 0.05) is 6.42 Å². The van der Waals surface area contributed by atoms with Crippen molar-refractivity contribution >= 4 is 0 Å². The number of allylic oxidation sites excluding steroid dienone is 10. The van der Waals surface area contributed by atoms with Crippen LogP contribution < -0.4 is 0 Å². The summed E-state index contributed by atoms with van der Waals surface area (Å²) in [5, 5.41) is 0. The number of hydrogen-bond donors (Lipinski definition) is 0. The fourth-order valence-electron chi connectivity index (χ4n) is 1.14. The van der Waals surface area contributed by atoms with Crippen LogP contribution >= 0.6 is 0 Å². The lowest BCUT2D eigenvalue weighted by molar-refractivity contribution is 1.04. The van der Waals surface area contributed by atoms with Crippen LogP contribution in [0.5, 0.6) is 0 Å². The molecule has 0 aliphatic heterocycles. The molecule has 0 saturated carbocycles. The molecule has 0 N–H and O–H groups in total. The summed E-state index contributed by atoms with van der Waals surface area (Å²) in [7, 11) is 0. The second-order valence-electron chi connectivity index (χ2n) is 3.10. The highest BCUT2D eigenvalue weighted by Gasteiger charge is 1.77. The van der Waals surface area contributed by atoms with E-state index in [-0.39, 0.29) is 0 Å². The van der Waals surface area contributed by atoms with E-state index in [0.29, 0.717) is 0 Å². The van der Waals surface area contributed by atoms with Crippen molar-refractivity contribution in [3.8, 4) is 0 Å². The normalized spacial score (nSPS) is 29.7. The molecule has 73 valence electrons. The molecule has 0 aromatic rings. The average Bonchev–Trinajstić information content (AvgIpc) is 2.22. The summed E-state index contributed by atoms with van der Waals surface area (Å²) in [4.78, 5) is 0. The lowest BCUT2D eigenvalue weighted by atomic mass is 10.2. The van der Waals surface area contributed by atoms with Crippen LogP contribution in [0.15, 0.2) is 60.8 Å². The van der Waals surface area contributed by atoms with Crippen molar-refractivity contribution in [2.24, 2.45) is 0 Å². The molecule has 0 aromatic carbocycles. The molecular formula is C14H17. The molecule has 0 saturated heterocycles. The zero-order chi connectivity index (χ0) is 9.90. The molecule has 0 bridgehead atoms. The van der Waals surface area contributed by atoms with Crippen molar-refractivity contribution in [1.29, 1.82) is 0 Å². The highest BCUT2D eigenvalue weighted by atomic mass is 13.8. The van der Waals surface area contributed by atoms with Gasteiger partial charge < -0.3 is 0 Å². The van der Waals surface area contributed by atoms with Crippen molar-refractivity contribution < 1.29 is 0 Å². The van der Waals surface area contributed by atoms with Crippen molar-refractivity contribution in [2.45, 2.75) is 19.3 Å². The first kappa shape index (κ1) is 10.8. The average molecular weight is 185 g/mol. The van der Waals surface area contributed by atoms with Gasteiger partial charge in [-0.25, -0.2) is 0 Å². The molecule has 14 heavy (non-hydrogen) atoms. The molecule has 1 aliphatic carbocycles. The maximum Gasteiger partial charge on any atom is 0.00506 e. The SMILES string of the molecule is [CH]1/C=C/C=C\C/C=C\CC/C=C\C=C\1. The first-order valence-corrected chi connectivity index (χ1v) is 5.13. The second-order valence-corrected chi connectivity index (χ2v) is 3.10. The third-order valence-corrected chi connectivity index (χ3v) is 1.88. The summed E-state index contributed by atoms with van der Waals surface area (Å²) in [5.41, 5.74) is 0. The Morgan fingerprint density at radius 1 is 0.500 bits per heavy atom. The Labute approximate surface area is 87.0 Å². The molecule has 0 heteroatoms. The number of rotatable bonds is 0. The topological polar surface area (TPSA) is 0 Å². The molecular weight excluding hydrogens is 168 g/mol. The Balaban J connectivity index is 2.45. The second kappa shape index (κ2) is 8.31. The summed E-state index contributed by atoms with van der Waals surface area (Å²) < 4.78 is 0. The van der Waals surface area contributed by atoms with Crippen molar-refractivity contribution in [3.05, 3.63) is 67.2 Å². The first-order chi connectivity index (χ1) is 7.00. The molecule has 0 spiro atoms.